The zero-order valence-corrected chi connectivity index (χ0v) is 10.6. The Hall–Kier alpha value is -1.91. The molecule has 0 saturated heterocycles. The van der Waals surface area contributed by atoms with E-state index in [4.69, 9.17) is 0 Å². The van der Waals surface area contributed by atoms with Crippen molar-refractivity contribution in [2.24, 2.45) is 0 Å². The van der Waals surface area contributed by atoms with Gasteiger partial charge in [-0.05, 0) is 18.1 Å². The first-order valence-corrected chi connectivity index (χ1v) is 6.14. The third kappa shape index (κ3) is 5.98. The fourth-order valence-electron chi connectivity index (χ4n) is 1.37. The molecule has 1 heterocycles. The average molecular weight is 249 g/mol. The smallest absolute Gasteiger partial charge is 0.239 e. The van der Waals surface area contributed by atoms with E-state index < -0.39 is 0 Å². The number of nitrogens with zero attached hydrogens (tertiary/aromatic N) is 1. The average Bonchev–Trinajstić information content (AvgIpc) is 2.41. The molecular weight excluding hydrogens is 230 g/mol. The number of amides is 2. The number of unbranched alkanes of at least 4 members (excludes halogenated alkanes) is 1. The Labute approximate surface area is 107 Å². The minimum atomic E-state index is -0.191. The van der Waals surface area contributed by atoms with Gasteiger partial charge in [-0.1, -0.05) is 19.4 Å². The van der Waals surface area contributed by atoms with Gasteiger partial charge >= 0.3 is 0 Å². The van der Waals surface area contributed by atoms with Crippen LogP contribution < -0.4 is 10.6 Å². The maximum atomic E-state index is 11.4. The van der Waals surface area contributed by atoms with Crippen molar-refractivity contribution in [1.29, 1.82) is 0 Å². The molecule has 0 bridgehead atoms. The molecule has 0 aliphatic carbocycles. The summed E-state index contributed by atoms with van der Waals surface area (Å²) >= 11 is 0. The fourth-order valence-corrected chi connectivity index (χ4v) is 1.37. The number of hydrogen-bond acceptors (Lipinski definition) is 3. The van der Waals surface area contributed by atoms with Crippen LogP contribution in [0.4, 0.5) is 0 Å². The number of rotatable bonds is 7. The molecule has 1 aromatic heterocycles. The van der Waals surface area contributed by atoms with Crippen molar-refractivity contribution in [3.8, 4) is 0 Å². The van der Waals surface area contributed by atoms with Crippen LogP contribution in [0.15, 0.2) is 24.5 Å². The summed E-state index contributed by atoms with van der Waals surface area (Å²) in [6.07, 6.45) is 5.68. The number of carbonyl (C=O) groups excluding carboxylic acids is 2. The number of carbonyl (C=O) groups is 2. The highest BCUT2D eigenvalue weighted by molar-refractivity contribution is 5.84. The Morgan fingerprint density at radius 1 is 1.28 bits per heavy atom. The van der Waals surface area contributed by atoms with E-state index in [0.29, 0.717) is 13.0 Å². The van der Waals surface area contributed by atoms with Gasteiger partial charge in [0.05, 0.1) is 6.54 Å². The van der Waals surface area contributed by atoms with E-state index in [2.05, 4.69) is 15.6 Å². The number of hydrogen-bond donors (Lipinski definition) is 2. The van der Waals surface area contributed by atoms with E-state index in [9.17, 15) is 9.59 Å². The summed E-state index contributed by atoms with van der Waals surface area (Å²) < 4.78 is 0. The third-order valence-corrected chi connectivity index (χ3v) is 2.42. The third-order valence-electron chi connectivity index (χ3n) is 2.42. The number of pyridine rings is 1. The van der Waals surface area contributed by atoms with Gasteiger partial charge in [0, 0.05) is 25.4 Å². The molecule has 18 heavy (non-hydrogen) atoms. The minimum absolute atomic E-state index is 0.0306. The molecule has 0 unspecified atom stereocenters. The highest BCUT2D eigenvalue weighted by atomic mass is 16.2. The van der Waals surface area contributed by atoms with Crippen LogP contribution in [-0.2, 0) is 16.1 Å². The van der Waals surface area contributed by atoms with Gasteiger partial charge in [-0.25, -0.2) is 0 Å². The van der Waals surface area contributed by atoms with Gasteiger partial charge in [0.15, 0.2) is 0 Å². The molecule has 5 nitrogen and oxygen atoms in total. The summed E-state index contributed by atoms with van der Waals surface area (Å²) in [6.45, 7) is 2.48. The van der Waals surface area contributed by atoms with Crippen LogP contribution >= 0.6 is 0 Å². The van der Waals surface area contributed by atoms with Crippen LogP contribution in [0.3, 0.4) is 0 Å². The Morgan fingerprint density at radius 2 is 2.11 bits per heavy atom. The summed E-state index contributed by atoms with van der Waals surface area (Å²) in [5.74, 6) is -0.267. The second kappa shape index (κ2) is 8.22. The topological polar surface area (TPSA) is 71.1 Å². The van der Waals surface area contributed by atoms with E-state index >= 15 is 0 Å². The highest BCUT2D eigenvalue weighted by Gasteiger charge is 2.04. The first-order valence-electron chi connectivity index (χ1n) is 6.14. The largest absolute Gasteiger partial charge is 0.350 e. The van der Waals surface area contributed by atoms with E-state index in [1.165, 1.54) is 0 Å². The molecule has 2 N–H and O–H groups in total. The van der Waals surface area contributed by atoms with Crippen LogP contribution in [-0.4, -0.2) is 23.3 Å². The molecule has 1 rings (SSSR count). The first-order chi connectivity index (χ1) is 8.72. The fraction of sp³-hybridized carbons (Fsp3) is 0.462. The molecule has 0 aromatic carbocycles. The minimum Gasteiger partial charge on any atom is -0.350 e. The Balaban J connectivity index is 2.16. The van der Waals surface area contributed by atoms with E-state index in [-0.39, 0.29) is 18.4 Å². The molecule has 0 atom stereocenters. The lowest BCUT2D eigenvalue weighted by Crippen LogP contribution is -2.36. The van der Waals surface area contributed by atoms with E-state index in [0.717, 1.165) is 18.4 Å². The van der Waals surface area contributed by atoms with Crippen molar-refractivity contribution in [3.63, 3.8) is 0 Å². The van der Waals surface area contributed by atoms with Gasteiger partial charge < -0.3 is 10.6 Å². The maximum Gasteiger partial charge on any atom is 0.239 e. The van der Waals surface area contributed by atoms with Gasteiger partial charge in [0.25, 0.3) is 0 Å². The van der Waals surface area contributed by atoms with Crippen LogP contribution in [0.5, 0.6) is 0 Å². The first kappa shape index (κ1) is 14.2. The van der Waals surface area contributed by atoms with Gasteiger partial charge in [0.1, 0.15) is 0 Å². The molecule has 0 spiro atoms. The molecule has 5 heteroatoms. The molecule has 2 amide bonds. The predicted molar refractivity (Wildman–Crippen MR) is 68.6 cm³/mol. The van der Waals surface area contributed by atoms with Crippen LogP contribution in [0, 0.1) is 0 Å². The Kier molecular flexibility index (Phi) is 6.46. The van der Waals surface area contributed by atoms with Crippen molar-refractivity contribution < 1.29 is 9.59 Å². The monoisotopic (exact) mass is 249 g/mol. The molecule has 1 aromatic rings. The molecule has 0 saturated carbocycles. The summed E-state index contributed by atoms with van der Waals surface area (Å²) in [6, 6.07) is 3.70. The van der Waals surface area contributed by atoms with Gasteiger partial charge in [-0.15, -0.1) is 0 Å². The molecule has 98 valence electrons. The molecular formula is C13H19N3O2. The van der Waals surface area contributed by atoms with Crippen LogP contribution in [0.2, 0.25) is 0 Å². The SMILES string of the molecule is CCCCC(=O)NCC(=O)NCc1cccnc1. The zero-order valence-electron chi connectivity index (χ0n) is 10.6. The second-order valence-electron chi connectivity index (χ2n) is 4.02. The lowest BCUT2D eigenvalue weighted by Gasteiger charge is -2.06. The van der Waals surface area contributed by atoms with Crippen LogP contribution in [0.25, 0.3) is 0 Å². The lowest BCUT2D eigenvalue weighted by atomic mass is 10.2. The van der Waals surface area contributed by atoms with Crippen molar-refractivity contribution in [3.05, 3.63) is 30.1 Å². The standard InChI is InChI=1S/C13H19N3O2/c1-2-3-6-12(17)16-10-13(18)15-9-11-5-4-7-14-8-11/h4-5,7-8H,2-3,6,9-10H2,1H3,(H,15,18)(H,16,17). The van der Waals surface area contributed by atoms with Gasteiger partial charge in [-0.3, -0.25) is 14.6 Å². The van der Waals surface area contributed by atoms with Crippen molar-refractivity contribution >= 4 is 11.8 Å². The van der Waals surface area contributed by atoms with E-state index in [1.54, 1.807) is 12.4 Å². The Bertz CT molecular complexity index is 379. The second-order valence-corrected chi connectivity index (χ2v) is 4.02. The summed E-state index contributed by atoms with van der Waals surface area (Å²) in [5, 5.41) is 5.30. The molecule has 0 aliphatic rings. The zero-order chi connectivity index (χ0) is 13.2. The molecule has 0 radical (unpaired) electrons. The Morgan fingerprint density at radius 3 is 2.78 bits per heavy atom. The van der Waals surface area contributed by atoms with Crippen molar-refractivity contribution in [1.82, 2.24) is 15.6 Å². The quantitative estimate of drug-likeness (QED) is 0.757. The van der Waals surface area contributed by atoms with Crippen LogP contribution in [0.1, 0.15) is 31.7 Å². The van der Waals surface area contributed by atoms with Crippen molar-refractivity contribution in [2.45, 2.75) is 32.7 Å². The number of nitrogens with one attached hydrogen (secondary N) is 2. The molecule has 0 fully saturated rings. The summed E-state index contributed by atoms with van der Waals surface area (Å²) in [5.41, 5.74) is 0.933. The normalized spacial score (nSPS) is 9.83. The highest BCUT2D eigenvalue weighted by Crippen LogP contribution is 1.94. The van der Waals surface area contributed by atoms with Gasteiger partial charge in [-0.2, -0.15) is 0 Å². The van der Waals surface area contributed by atoms with Gasteiger partial charge in [0.2, 0.25) is 11.8 Å². The summed E-state index contributed by atoms with van der Waals surface area (Å²) in [4.78, 5) is 26.7. The maximum absolute atomic E-state index is 11.4. The lowest BCUT2D eigenvalue weighted by molar-refractivity contribution is -0.126. The van der Waals surface area contributed by atoms with Crippen molar-refractivity contribution in [2.75, 3.05) is 6.54 Å². The predicted octanol–water partition coefficient (Wildman–Crippen LogP) is 1.00. The molecule has 0 aliphatic heterocycles. The summed E-state index contributed by atoms with van der Waals surface area (Å²) in [7, 11) is 0. The van der Waals surface area contributed by atoms with E-state index in [1.807, 2.05) is 19.1 Å². The number of aromatic nitrogens is 1.